The first-order chi connectivity index (χ1) is 19.0. The predicted molar refractivity (Wildman–Crippen MR) is 152 cm³/mol. The van der Waals surface area contributed by atoms with Gasteiger partial charge in [-0.25, -0.2) is 0 Å². The van der Waals surface area contributed by atoms with Gasteiger partial charge in [0, 0.05) is 48.6 Å². The van der Waals surface area contributed by atoms with Crippen molar-refractivity contribution in [2.45, 2.75) is 63.6 Å². The number of carbonyl (C=O) groups is 3. The molecule has 2 fully saturated rings. The highest BCUT2D eigenvalue weighted by Gasteiger charge is 2.52. The maximum Gasteiger partial charge on any atom is 0.251 e. The third-order valence-electron chi connectivity index (χ3n) is 9.21. The summed E-state index contributed by atoms with van der Waals surface area (Å²) in [5, 5.41) is 3.21. The zero-order valence-corrected chi connectivity index (χ0v) is 22.5. The standard InChI is InChI=1S/C33H37N3O3/c1-22(37)36-29-19-11-9-17-26(29)31-27(30(36)23-12-4-2-5-13-23)20-21-35(31)33(39)25-16-8-10-18-28(25)34-32(38)24-14-6-3-7-15-24/h2-7,9,11-12,14-15,17,19,23,25,27-28,30-31H,8,10,13,16,18,20-21H2,1H3,(H,34,38)/t23?,25-,27+,28+,30-,31-/m0/s1. The van der Waals surface area contributed by atoms with E-state index in [0.29, 0.717) is 12.1 Å². The monoisotopic (exact) mass is 523 g/mol. The van der Waals surface area contributed by atoms with Gasteiger partial charge in [0.2, 0.25) is 11.8 Å². The van der Waals surface area contributed by atoms with Crippen LogP contribution in [0.1, 0.15) is 67.4 Å². The molecular weight excluding hydrogens is 486 g/mol. The van der Waals surface area contributed by atoms with Crippen LogP contribution in [0.3, 0.4) is 0 Å². The number of fused-ring (bicyclic) bond motifs is 3. The van der Waals surface area contributed by atoms with Crippen molar-refractivity contribution in [2.75, 3.05) is 11.4 Å². The van der Waals surface area contributed by atoms with Crippen molar-refractivity contribution in [3.63, 3.8) is 0 Å². The first-order valence-corrected chi connectivity index (χ1v) is 14.4. The number of nitrogens with one attached hydrogen (secondary N) is 1. The Morgan fingerprint density at radius 3 is 2.44 bits per heavy atom. The Balaban J connectivity index is 1.31. The van der Waals surface area contributed by atoms with Crippen LogP contribution in [0, 0.1) is 17.8 Å². The molecule has 202 valence electrons. The van der Waals surface area contributed by atoms with Crippen molar-refractivity contribution in [1.29, 1.82) is 0 Å². The van der Waals surface area contributed by atoms with E-state index < -0.39 is 0 Å². The van der Waals surface area contributed by atoms with E-state index in [9.17, 15) is 14.4 Å². The van der Waals surface area contributed by atoms with E-state index in [4.69, 9.17) is 0 Å². The molecule has 1 saturated heterocycles. The largest absolute Gasteiger partial charge is 0.349 e. The molecular formula is C33H37N3O3. The molecule has 3 amide bonds. The van der Waals surface area contributed by atoms with Crippen LogP contribution in [0.4, 0.5) is 5.69 Å². The average Bonchev–Trinajstić information content (AvgIpc) is 3.42. The van der Waals surface area contributed by atoms with Gasteiger partial charge in [-0.3, -0.25) is 14.4 Å². The molecule has 6 atom stereocenters. The van der Waals surface area contributed by atoms with E-state index in [2.05, 4.69) is 40.6 Å². The van der Waals surface area contributed by atoms with Gasteiger partial charge >= 0.3 is 0 Å². The second-order valence-electron chi connectivity index (χ2n) is 11.4. The number of hydrogen-bond acceptors (Lipinski definition) is 3. The lowest BCUT2D eigenvalue weighted by atomic mass is 9.74. The van der Waals surface area contributed by atoms with E-state index in [1.54, 1.807) is 6.92 Å². The second-order valence-corrected chi connectivity index (χ2v) is 11.4. The molecule has 6 heteroatoms. The Hall–Kier alpha value is -3.67. The summed E-state index contributed by atoms with van der Waals surface area (Å²) >= 11 is 0. The lowest BCUT2D eigenvalue weighted by molar-refractivity contribution is -0.139. The lowest BCUT2D eigenvalue weighted by Gasteiger charge is -2.48. The molecule has 0 aromatic heterocycles. The number of allylic oxidation sites excluding steroid dienone is 3. The number of carbonyl (C=O) groups excluding carboxylic acids is 3. The summed E-state index contributed by atoms with van der Waals surface area (Å²) in [6.45, 7) is 2.33. The van der Waals surface area contributed by atoms with Crippen LogP contribution in [-0.4, -0.2) is 41.2 Å². The maximum absolute atomic E-state index is 14.4. The Kier molecular flexibility index (Phi) is 7.11. The number of likely N-dealkylation sites (tertiary alicyclic amines) is 1. The quantitative estimate of drug-likeness (QED) is 0.581. The van der Waals surface area contributed by atoms with Gasteiger partial charge in [-0.1, -0.05) is 73.5 Å². The average molecular weight is 524 g/mol. The number of rotatable bonds is 4. The van der Waals surface area contributed by atoms with E-state index in [1.807, 2.05) is 53.4 Å². The smallest absolute Gasteiger partial charge is 0.251 e. The zero-order valence-electron chi connectivity index (χ0n) is 22.5. The van der Waals surface area contributed by atoms with Crippen molar-refractivity contribution in [3.8, 4) is 0 Å². The third kappa shape index (κ3) is 4.70. The minimum atomic E-state index is -0.237. The number of nitrogens with zero attached hydrogens (tertiary/aromatic N) is 2. The summed E-state index contributed by atoms with van der Waals surface area (Å²) in [4.78, 5) is 44.6. The molecule has 0 bridgehead atoms. The molecule has 1 unspecified atom stereocenters. The Morgan fingerprint density at radius 2 is 1.67 bits per heavy atom. The fraction of sp³-hybridized carbons (Fsp3) is 0.424. The fourth-order valence-corrected chi connectivity index (χ4v) is 7.52. The molecule has 2 aromatic rings. The van der Waals surface area contributed by atoms with Crippen LogP contribution in [0.15, 0.2) is 78.9 Å². The normalized spacial score (nSPS) is 29.5. The van der Waals surface area contributed by atoms with Crippen molar-refractivity contribution in [2.24, 2.45) is 17.8 Å². The Labute approximate surface area is 230 Å². The third-order valence-corrected chi connectivity index (χ3v) is 9.21. The van der Waals surface area contributed by atoms with Gasteiger partial charge in [0.1, 0.15) is 0 Å². The molecule has 1 saturated carbocycles. The first kappa shape index (κ1) is 25.6. The number of amides is 3. The molecule has 6 rings (SSSR count). The molecule has 2 heterocycles. The summed E-state index contributed by atoms with van der Waals surface area (Å²) in [7, 11) is 0. The summed E-state index contributed by atoms with van der Waals surface area (Å²) in [5.41, 5.74) is 2.62. The number of benzene rings is 2. The fourth-order valence-electron chi connectivity index (χ4n) is 7.52. The van der Waals surface area contributed by atoms with Crippen LogP contribution in [0.2, 0.25) is 0 Å². The number of hydrogen-bond donors (Lipinski definition) is 1. The molecule has 0 spiro atoms. The van der Waals surface area contributed by atoms with Crippen molar-refractivity contribution >= 4 is 23.4 Å². The van der Waals surface area contributed by atoms with E-state index >= 15 is 0 Å². The highest BCUT2D eigenvalue weighted by Crippen LogP contribution is 2.52. The number of anilines is 1. The molecule has 39 heavy (non-hydrogen) atoms. The molecule has 1 N–H and O–H groups in total. The van der Waals surface area contributed by atoms with Gasteiger partial charge in [0.25, 0.3) is 5.91 Å². The van der Waals surface area contributed by atoms with Crippen molar-refractivity contribution < 1.29 is 14.4 Å². The topological polar surface area (TPSA) is 69.7 Å². The van der Waals surface area contributed by atoms with Crippen molar-refractivity contribution in [3.05, 3.63) is 90.0 Å². The first-order valence-electron chi connectivity index (χ1n) is 14.4. The predicted octanol–water partition coefficient (Wildman–Crippen LogP) is 5.43. The minimum absolute atomic E-state index is 0.00124. The molecule has 2 aliphatic carbocycles. The van der Waals surface area contributed by atoms with Crippen molar-refractivity contribution in [1.82, 2.24) is 10.2 Å². The minimum Gasteiger partial charge on any atom is -0.349 e. The van der Waals surface area contributed by atoms with E-state index in [0.717, 1.165) is 49.8 Å². The molecule has 4 aliphatic rings. The summed E-state index contributed by atoms with van der Waals surface area (Å²) in [6.07, 6.45) is 13.9. The van der Waals surface area contributed by atoms with E-state index in [1.165, 1.54) is 0 Å². The van der Waals surface area contributed by atoms with Gasteiger partial charge in [-0.05, 0) is 49.4 Å². The van der Waals surface area contributed by atoms with Crippen LogP contribution >= 0.6 is 0 Å². The zero-order chi connectivity index (χ0) is 26.9. The maximum atomic E-state index is 14.4. The van der Waals surface area contributed by atoms with Crippen LogP contribution in [-0.2, 0) is 9.59 Å². The summed E-state index contributed by atoms with van der Waals surface area (Å²) in [5.74, 6) is 0.215. The summed E-state index contributed by atoms with van der Waals surface area (Å²) in [6, 6.07) is 17.1. The SMILES string of the molecule is CC(=O)N1c2ccccc2[C@H]2[C@H](CCN2C(=O)[C@H]2CCCC[C@H]2NC(=O)c2ccccc2)[C@@H]1C1C=CC=CC1. The molecule has 2 aliphatic heterocycles. The molecule has 2 aromatic carbocycles. The van der Waals surface area contributed by atoms with Gasteiger partial charge in [0.15, 0.2) is 0 Å². The van der Waals surface area contributed by atoms with Gasteiger partial charge in [-0.2, -0.15) is 0 Å². The summed E-state index contributed by atoms with van der Waals surface area (Å²) < 4.78 is 0. The van der Waals surface area contributed by atoms with Crippen LogP contribution in [0.25, 0.3) is 0 Å². The highest BCUT2D eigenvalue weighted by atomic mass is 16.2. The van der Waals surface area contributed by atoms with Crippen LogP contribution < -0.4 is 10.2 Å². The van der Waals surface area contributed by atoms with Gasteiger partial charge in [0.05, 0.1) is 12.0 Å². The van der Waals surface area contributed by atoms with E-state index in [-0.39, 0.29) is 53.6 Å². The Bertz CT molecular complexity index is 1300. The second kappa shape index (κ2) is 10.8. The van der Waals surface area contributed by atoms with Gasteiger partial charge in [-0.15, -0.1) is 0 Å². The van der Waals surface area contributed by atoms with Gasteiger partial charge < -0.3 is 15.1 Å². The molecule has 0 radical (unpaired) electrons. The highest BCUT2D eigenvalue weighted by molar-refractivity contribution is 5.95. The Morgan fingerprint density at radius 1 is 0.897 bits per heavy atom. The molecule has 6 nitrogen and oxygen atoms in total. The van der Waals surface area contributed by atoms with Crippen LogP contribution in [0.5, 0.6) is 0 Å². The lowest BCUT2D eigenvalue weighted by Crippen LogP contribution is -2.54. The number of para-hydroxylation sites is 1.